The van der Waals surface area contributed by atoms with Crippen molar-refractivity contribution >= 4 is 5.69 Å². The molecule has 0 atom stereocenters. The van der Waals surface area contributed by atoms with E-state index in [0.29, 0.717) is 6.73 Å². The number of benzene rings is 1. The van der Waals surface area contributed by atoms with Crippen molar-refractivity contribution in [1.82, 2.24) is 9.55 Å². The van der Waals surface area contributed by atoms with Crippen molar-refractivity contribution in [3.8, 4) is 11.4 Å². The Morgan fingerprint density at radius 1 is 1.39 bits per heavy atom. The van der Waals surface area contributed by atoms with Crippen LogP contribution in [0.5, 0.6) is 0 Å². The van der Waals surface area contributed by atoms with Crippen LogP contribution in [0.15, 0.2) is 36.7 Å². The second kappa shape index (κ2) is 4.82. The molecule has 3 rings (SSSR count). The first-order valence-corrected chi connectivity index (χ1v) is 6.28. The summed E-state index contributed by atoms with van der Waals surface area (Å²) in [5.41, 5.74) is 7.57. The highest BCUT2D eigenvalue weighted by atomic mass is 16.5. The first-order chi connectivity index (χ1) is 8.83. The highest BCUT2D eigenvalue weighted by Gasteiger charge is 2.21. The van der Waals surface area contributed by atoms with E-state index in [1.807, 2.05) is 35.0 Å². The van der Waals surface area contributed by atoms with Crippen LogP contribution >= 0.6 is 0 Å². The zero-order valence-electron chi connectivity index (χ0n) is 10.2. The minimum absolute atomic E-state index is 0.556. The van der Waals surface area contributed by atoms with Gasteiger partial charge >= 0.3 is 0 Å². The number of ether oxygens (including phenoxy) is 1. The summed E-state index contributed by atoms with van der Waals surface area (Å²) in [6.07, 6.45) is 6.35. The smallest absolute Gasteiger partial charge is 0.141 e. The molecule has 0 aliphatic heterocycles. The van der Waals surface area contributed by atoms with Gasteiger partial charge in [0, 0.05) is 23.6 Å². The summed E-state index contributed by atoms with van der Waals surface area (Å²) in [6, 6.07) is 7.75. The number of hydrogen-bond acceptors (Lipinski definition) is 3. The molecule has 18 heavy (non-hydrogen) atoms. The first kappa shape index (κ1) is 11.3. The largest absolute Gasteiger partial charge is 0.399 e. The third-order valence-electron chi connectivity index (χ3n) is 3.14. The van der Waals surface area contributed by atoms with Gasteiger partial charge in [0.25, 0.3) is 0 Å². The fourth-order valence-corrected chi connectivity index (χ4v) is 1.95. The minimum Gasteiger partial charge on any atom is -0.399 e. The molecule has 0 unspecified atom stereocenters. The van der Waals surface area contributed by atoms with Crippen LogP contribution in [-0.2, 0) is 11.5 Å². The first-order valence-electron chi connectivity index (χ1n) is 6.28. The lowest BCUT2D eigenvalue weighted by atomic mass is 10.2. The molecule has 4 heteroatoms. The third kappa shape index (κ3) is 2.54. The van der Waals surface area contributed by atoms with E-state index < -0.39 is 0 Å². The van der Waals surface area contributed by atoms with Gasteiger partial charge in [-0.25, -0.2) is 4.98 Å². The van der Waals surface area contributed by atoms with E-state index in [9.17, 15) is 0 Å². The molecule has 0 bridgehead atoms. The van der Waals surface area contributed by atoms with Gasteiger partial charge in [0.1, 0.15) is 12.6 Å². The lowest BCUT2D eigenvalue weighted by Gasteiger charge is -2.09. The molecule has 1 heterocycles. The lowest BCUT2D eigenvalue weighted by Crippen LogP contribution is -2.05. The van der Waals surface area contributed by atoms with Crippen molar-refractivity contribution in [2.45, 2.75) is 19.6 Å². The molecule has 1 fully saturated rings. The van der Waals surface area contributed by atoms with Crippen LogP contribution in [0, 0.1) is 5.92 Å². The molecule has 2 N–H and O–H groups in total. The van der Waals surface area contributed by atoms with E-state index in [1.165, 1.54) is 12.8 Å². The van der Waals surface area contributed by atoms with Gasteiger partial charge in [-0.05, 0) is 30.9 Å². The van der Waals surface area contributed by atoms with Crippen molar-refractivity contribution in [1.29, 1.82) is 0 Å². The van der Waals surface area contributed by atoms with E-state index in [2.05, 4.69) is 4.98 Å². The average Bonchev–Trinajstić information content (AvgIpc) is 3.06. The van der Waals surface area contributed by atoms with E-state index >= 15 is 0 Å². The maximum absolute atomic E-state index is 5.79. The molecule has 4 nitrogen and oxygen atoms in total. The average molecular weight is 243 g/mol. The van der Waals surface area contributed by atoms with Crippen molar-refractivity contribution in [3.05, 3.63) is 36.7 Å². The van der Waals surface area contributed by atoms with Crippen molar-refractivity contribution in [2.24, 2.45) is 5.92 Å². The van der Waals surface area contributed by atoms with Gasteiger partial charge < -0.3 is 15.0 Å². The monoisotopic (exact) mass is 243 g/mol. The Hall–Kier alpha value is -1.81. The number of nitrogens with zero attached hydrogens (tertiary/aromatic N) is 2. The van der Waals surface area contributed by atoms with E-state index in [4.69, 9.17) is 10.5 Å². The zero-order chi connectivity index (χ0) is 12.4. The number of aromatic nitrogens is 2. The van der Waals surface area contributed by atoms with Crippen LogP contribution in [0.1, 0.15) is 12.8 Å². The number of hydrogen-bond donors (Lipinski definition) is 1. The van der Waals surface area contributed by atoms with Gasteiger partial charge in [0.15, 0.2) is 0 Å². The van der Waals surface area contributed by atoms with Gasteiger partial charge in [0.2, 0.25) is 0 Å². The van der Waals surface area contributed by atoms with Gasteiger partial charge in [-0.3, -0.25) is 0 Å². The summed E-state index contributed by atoms with van der Waals surface area (Å²) in [4.78, 5) is 4.37. The Bertz CT molecular complexity index is 531. The molecule has 1 aliphatic carbocycles. The van der Waals surface area contributed by atoms with Crippen molar-refractivity contribution in [3.63, 3.8) is 0 Å². The predicted molar refractivity (Wildman–Crippen MR) is 70.8 cm³/mol. The Kier molecular flexibility index (Phi) is 3.02. The fraction of sp³-hybridized carbons (Fsp3) is 0.357. The molecule has 1 aromatic heterocycles. The number of nitrogens with two attached hydrogens (primary N) is 1. The number of nitrogen functional groups attached to an aromatic ring is 1. The van der Waals surface area contributed by atoms with Gasteiger partial charge in [-0.1, -0.05) is 12.1 Å². The van der Waals surface area contributed by atoms with Crippen LogP contribution in [0.3, 0.4) is 0 Å². The van der Waals surface area contributed by atoms with Crippen LogP contribution in [-0.4, -0.2) is 16.2 Å². The zero-order valence-corrected chi connectivity index (χ0v) is 10.2. The predicted octanol–water partition coefficient (Wildman–Crippen LogP) is 2.52. The van der Waals surface area contributed by atoms with Crippen molar-refractivity contribution < 1.29 is 4.74 Å². The van der Waals surface area contributed by atoms with Crippen LogP contribution in [0.25, 0.3) is 11.4 Å². The highest BCUT2D eigenvalue weighted by molar-refractivity contribution is 5.61. The summed E-state index contributed by atoms with van der Waals surface area (Å²) in [7, 11) is 0. The molecule has 0 amide bonds. The van der Waals surface area contributed by atoms with E-state index in [1.54, 1.807) is 6.20 Å². The summed E-state index contributed by atoms with van der Waals surface area (Å²) in [5.74, 6) is 1.68. The van der Waals surface area contributed by atoms with Crippen molar-refractivity contribution in [2.75, 3.05) is 12.3 Å². The molecule has 0 saturated heterocycles. The Balaban J connectivity index is 1.73. The lowest BCUT2D eigenvalue weighted by molar-refractivity contribution is 0.0700. The second-order valence-electron chi connectivity index (χ2n) is 4.79. The number of rotatable bonds is 5. The second-order valence-corrected chi connectivity index (χ2v) is 4.79. The Morgan fingerprint density at radius 2 is 2.28 bits per heavy atom. The molecular weight excluding hydrogens is 226 g/mol. The number of imidazole rings is 1. The normalized spacial score (nSPS) is 14.9. The number of anilines is 1. The van der Waals surface area contributed by atoms with Gasteiger partial charge in [0.05, 0.1) is 6.61 Å². The molecular formula is C14H17N3O. The molecule has 0 spiro atoms. The fourth-order valence-electron chi connectivity index (χ4n) is 1.95. The molecule has 94 valence electrons. The summed E-state index contributed by atoms with van der Waals surface area (Å²) in [5, 5.41) is 0. The standard InChI is InChI=1S/C14H17N3O/c15-13-3-1-2-12(8-13)14-16-6-7-17(14)10-18-9-11-4-5-11/h1-3,6-8,11H,4-5,9-10,15H2. The minimum atomic E-state index is 0.556. The molecule has 1 aliphatic rings. The van der Waals surface area contributed by atoms with Gasteiger partial charge in [-0.15, -0.1) is 0 Å². The summed E-state index contributed by atoms with van der Waals surface area (Å²) >= 11 is 0. The topological polar surface area (TPSA) is 53.1 Å². The molecule has 0 radical (unpaired) electrons. The van der Waals surface area contributed by atoms with E-state index in [-0.39, 0.29) is 0 Å². The molecule has 2 aromatic rings. The third-order valence-corrected chi connectivity index (χ3v) is 3.14. The Labute approximate surface area is 106 Å². The van der Waals surface area contributed by atoms with E-state index in [0.717, 1.165) is 29.6 Å². The molecule has 1 aromatic carbocycles. The Morgan fingerprint density at radius 3 is 3.06 bits per heavy atom. The van der Waals surface area contributed by atoms with Crippen LogP contribution in [0.2, 0.25) is 0 Å². The maximum atomic E-state index is 5.79. The molecule has 1 saturated carbocycles. The SMILES string of the molecule is Nc1cccc(-c2nccn2COCC2CC2)c1. The van der Waals surface area contributed by atoms with Gasteiger partial charge in [-0.2, -0.15) is 0 Å². The maximum Gasteiger partial charge on any atom is 0.141 e. The highest BCUT2D eigenvalue weighted by Crippen LogP contribution is 2.29. The quantitative estimate of drug-likeness (QED) is 0.821. The summed E-state index contributed by atoms with van der Waals surface area (Å²) in [6.45, 7) is 1.41. The van der Waals surface area contributed by atoms with Crippen LogP contribution < -0.4 is 5.73 Å². The summed E-state index contributed by atoms with van der Waals surface area (Å²) < 4.78 is 7.70. The van der Waals surface area contributed by atoms with Crippen LogP contribution in [0.4, 0.5) is 5.69 Å².